The summed E-state index contributed by atoms with van der Waals surface area (Å²) in [4.78, 5) is 22.2. The fourth-order valence-electron chi connectivity index (χ4n) is 5.74. The van der Waals surface area contributed by atoms with Crippen molar-refractivity contribution in [3.8, 4) is 5.75 Å². The summed E-state index contributed by atoms with van der Waals surface area (Å²) >= 11 is 0. The Bertz CT molecular complexity index is 823. The van der Waals surface area contributed by atoms with Crippen molar-refractivity contribution in [2.75, 3.05) is 13.1 Å². The lowest BCUT2D eigenvalue weighted by atomic mass is 9.52. The number of rotatable bonds is 5. The van der Waals surface area contributed by atoms with E-state index in [-0.39, 0.29) is 0 Å². The third-order valence-electron chi connectivity index (χ3n) is 7.10. The lowest BCUT2D eigenvalue weighted by molar-refractivity contribution is -0.165. The second-order valence-electron chi connectivity index (χ2n) is 8.72. The fraction of sp³-hybridized carbons (Fsp3) is 0.565. The van der Waals surface area contributed by atoms with E-state index >= 15 is 0 Å². The molecule has 5 atom stereocenters. The zero-order chi connectivity index (χ0) is 22.8. The van der Waals surface area contributed by atoms with Gasteiger partial charge in [-0.05, 0) is 61.4 Å². The average Bonchev–Trinajstić information content (AvgIpc) is 2.75. The van der Waals surface area contributed by atoms with Gasteiger partial charge in [0.2, 0.25) is 0 Å². The number of hydrogen-bond donors (Lipinski definition) is 5. The number of carboxylic acids is 2. The summed E-state index contributed by atoms with van der Waals surface area (Å²) in [5.41, 5.74) is 3.29. The summed E-state index contributed by atoms with van der Waals surface area (Å²) in [6.45, 7) is 6.15. The molecule has 2 fully saturated rings. The van der Waals surface area contributed by atoms with Crippen LogP contribution in [0.4, 0.5) is 0 Å². The Morgan fingerprint density at radius 3 is 2.45 bits per heavy atom. The smallest absolute Gasteiger partial charge is 0.335 e. The number of aliphatic carboxylic acids is 2. The van der Waals surface area contributed by atoms with Gasteiger partial charge in [-0.1, -0.05) is 25.0 Å². The first-order valence-corrected chi connectivity index (χ1v) is 10.7. The predicted octanol–water partition coefficient (Wildman–Crippen LogP) is 1.51. The fourth-order valence-corrected chi connectivity index (χ4v) is 5.74. The number of fused-ring (bicyclic) bond motifs is 1. The minimum Gasteiger partial charge on any atom is -0.508 e. The van der Waals surface area contributed by atoms with Crippen molar-refractivity contribution in [1.82, 2.24) is 4.90 Å². The molecule has 170 valence electrons. The van der Waals surface area contributed by atoms with E-state index in [4.69, 9.17) is 20.4 Å². The van der Waals surface area contributed by atoms with Gasteiger partial charge in [0.1, 0.15) is 5.75 Å². The average molecular weight is 434 g/mol. The van der Waals surface area contributed by atoms with Crippen LogP contribution in [0.2, 0.25) is 0 Å². The maximum atomic E-state index is 9.98. The van der Waals surface area contributed by atoms with E-state index in [0.717, 1.165) is 18.9 Å². The van der Waals surface area contributed by atoms with Crippen molar-refractivity contribution in [2.45, 2.75) is 62.2 Å². The molecule has 1 heterocycles. The van der Waals surface area contributed by atoms with E-state index in [0.29, 0.717) is 17.2 Å². The Morgan fingerprint density at radius 1 is 1.16 bits per heavy atom. The summed E-state index contributed by atoms with van der Waals surface area (Å²) in [6.07, 6.45) is 5.31. The lowest BCUT2D eigenvalue weighted by Gasteiger charge is -2.59. The monoisotopic (exact) mass is 433 g/mol. The molecule has 3 unspecified atom stereocenters. The summed E-state index contributed by atoms with van der Waals surface area (Å²) < 4.78 is 0. The third-order valence-corrected chi connectivity index (χ3v) is 7.10. The van der Waals surface area contributed by atoms with Crippen molar-refractivity contribution in [3.63, 3.8) is 0 Å². The number of piperidine rings is 1. The highest BCUT2D eigenvalue weighted by Crippen LogP contribution is 2.56. The molecule has 0 radical (unpaired) electrons. The molecule has 1 aromatic carbocycles. The largest absolute Gasteiger partial charge is 0.508 e. The van der Waals surface area contributed by atoms with Crippen LogP contribution in [0.5, 0.6) is 5.75 Å². The summed E-state index contributed by atoms with van der Waals surface area (Å²) in [6, 6.07) is 6.79. The number of phenolic OH excluding ortho intramolecular Hbond substituents is 1. The first kappa shape index (κ1) is 23.2. The summed E-state index contributed by atoms with van der Waals surface area (Å²) in [7, 11) is 0. The Hall–Kier alpha value is -2.42. The molecule has 1 aromatic rings. The molecule has 5 N–H and O–H groups in total. The van der Waals surface area contributed by atoms with Crippen LogP contribution in [0.25, 0.3) is 0 Å². The number of phenols is 1. The molecule has 1 saturated carbocycles. The normalized spacial score (nSPS) is 28.7. The second-order valence-corrected chi connectivity index (χ2v) is 8.72. The van der Waals surface area contributed by atoms with Crippen LogP contribution in [0.1, 0.15) is 43.2 Å². The molecular formula is C23H31NO7. The Labute approximate surface area is 181 Å². The maximum absolute atomic E-state index is 9.98. The van der Waals surface area contributed by atoms with Crippen LogP contribution >= 0.6 is 0 Å². The second kappa shape index (κ2) is 9.38. The lowest BCUT2D eigenvalue weighted by Crippen LogP contribution is -2.60. The number of aliphatic hydroxyl groups excluding tert-OH is 2. The van der Waals surface area contributed by atoms with E-state index in [1.54, 1.807) is 0 Å². The molecule has 2 bridgehead atoms. The molecule has 0 aromatic heterocycles. The summed E-state index contributed by atoms with van der Waals surface area (Å²) in [5, 5.41) is 42.5. The van der Waals surface area contributed by atoms with Gasteiger partial charge in [-0.3, -0.25) is 4.90 Å². The molecule has 3 aliphatic rings. The molecule has 2 aliphatic carbocycles. The molecule has 8 nitrogen and oxygen atoms in total. The molecule has 0 spiro atoms. The van der Waals surface area contributed by atoms with E-state index in [9.17, 15) is 14.7 Å². The number of carbonyl (C=O) groups is 2. The molecule has 0 amide bonds. The highest BCUT2D eigenvalue weighted by atomic mass is 16.4. The van der Waals surface area contributed by atoms with Gasteiger partial charge >= 0.3 is 11.9 Å². The molecule has 1 saturated heterocycles. The van der Waals surface area contributed by atoms with Gasteiger partial charge in [-0.15, -0.1) is 6.58 Å². The van der Waals surface area contributed by atoms with Crippen LogP contribution < -0.4 is 0 Å². The topological polar surface area (TPSA) is 139 Å². The van der Waals surface area contributed by atoms with Crippen molar-refractivity contribution in [3.05, 3.63) is 42.0 Å². The van der Waals surface area contributed by atoms with Gasteiger partial charge in [0.05, 0.1) is 0 Å². The van der Waals surface area contributed by atoms with Crippen molar-refractivity contribution in [1.29, 1.82) is 0 Å². The van der Waals surface area contributed by atoms with E-state index in [2.05, 4.69) is 29.7 Å². The van der Waals surface area contributed by atoms with Gasteiger partial charge in [-0.2, -0.15) is 0 Å². The standard InChI is InChI=1S/C19H25NO.C4H6O6/c1-2-10-20-11-9-19-8-4-3-5-16(19)18(20)12-14-6-7-15(21)13-17(14)19;5-1(3(7)8)2(6)4(9)10/h2,6-7,13,16,18,21H,1,3-5,8-12H2;1-2,5-6H,(H,7,8)(H,9,10)/t16?,18-,19-;/m0./s1. The molecular weight excluding hydrogens is 402 g/mol. The van der Waals surface area contributed by atoms with Gasteiger partial charge in [-0.25, -0.2) is 9.59 Å². The number of benzene rings is 1. The highest BCUT2D eigenvalue weighted by molar-refractivity contribution is 5.83. The quantitative estimate of drug-likeness (QED) is 0.441. The van der Waals surface area contributed by atoms with Gasteiger partial charge < -0.3 is 25.5 Å². The van der Waals surface area contributed by atoms with Gasteiger partial charge in [0.25, 0.3) is 0 Å². The van der Waals surface area contributed by atoms with Crippen LogP contribution in [0.15, 0.2) is 30.9 Å². The Balaban J connectivity index is 0.000000233. The number of hydrogen-bond acceptors (Lipinski definition) is 6. The zero-order valence-electron chi connectivity index (χ0n) is 17.5. The minimum atomic E-state index is -2.27. The van der Waals surface area contributed by atoms with Gasteiger partial charge in [0.15, 0.2) is 12.2 Å². The molecule has 4 rings (SSSR count). The number of carboxylic acid groups (broad SMARTS) is 2. The Kier molecular flexibility index (Phi) is 7.03. The first-order valence-electron chi connectivity index (χ1n) is 10.7. The van der Waals surface area contributed by atoms with Crippen LogP contribution in [0.3, 0.4) is 0 Å². The van der Waals surface area contributed by atoms with E-state index in [1.165, 1.54) is 49.8 Å². The number of nitrogens with zero attached hydrogens (tertiary/aromatic N) is 1. The number of likely N-dealkylation sites (tertiary alicyclic amines) is 1. The number of aliphatic hydroxyl groups is 2. The first-order chi connectivity index (χ1) is 14.7. The third kappa shape index (κ3) is 4.46. The van der Waals surface area contributed by atoms with Crippen LogP contribution in [-0.4, -0.2) is 73.7 Å². The minimum absolute atomic E-state index is 0.340. The Morgan fingerprint density at radius 2 is 1.84 bits per heavy atom. The predicted molar refractivity (Wildman–Crippen MR) is 113 cm³/mol. The van der Waals surface area contributed by atoms with Crippen molar-refractivity contribution in [2.24, 2.45) is 5.92 Å². The zero-order valence-corrected chi connectivity index (χ0v) is 17.5. The molecule has 1 aliphatic heterocycles. The van der Waals surface area contributed by atoms with Crippen molar-refractivity contribution >= 4 is 11.9 Å². The molecule has 31 heavy (non-hydrogen) atoms. The van der Waals surface area contributed by atoms with Crippen molar-refractivity contribution < 1.29 is 35.1 Å². The number of aromatic hydroxyl groups is 1. The van der Waals surface area contributed by atoms with E-state index < -0.39 is 24.1 Å². The highest BCUT2D eigenvalue weighted by Gasteiger charge is 2.53. The van der Waals surface area contributed by atoms with Crippen LogP contribution in [-0.2, 0) is 21.4 Å². The maximum Gasteiger partial charge on any atom is 0.335 e. The van der Waals surface area contributed by atoms with E-state index in [1.807, 2.05) is 6.07 Å². The summed E-state index contributed by atoms with van der Waals surface area (Å²) in [5.74, 6) is -2.32. The molecule has 8 heteroatoms. The SMILES string of the molecule is C=CCN1CC[C@@]23CCCCC2[C@@H]1Cc1ccc(O)cc13.O=C(O)C(O)C(O)C(=O)O. The van der Waals surface area contributed by atoms with Gasteiger partial charge in [0, 0.05) is 18.0 Å². The van der Waals surface area contributed by atoms with Crippen LogP contribution in [0, 0.1) is 5.92 Å².